The molecule has 0 bridgehead atoms. The molecule has 21 heavy (non-hydrogen) atoms. The minimum absolute atomic E-state index is 0.0133. The van der Waals surface area contributed by atoms with Gasteiger partial charge in [0.2, 0.25) is 0 Å². The molecule has 112 valence electrons. The Balaban J connectivity index is 2.36. The van der Waals surface area contributed by atoms with E-state index >= 15 is 0 Å². The van der Waals surface area contributed by atoms with Gasteiger partial charge in [-0.15, -0.1) is 0 Å². The summed E-state index contributed by atoms with van der Waals surface area (Å²) in [5.41, 5.74) is 1.83. The first-order chi connectivity index (χ1) is 10.0. The number of hydrogen-bond acceptors (Lipinski definition) is 4. The Kier molecular flexibility index (Phi) is 4.90. The van der Waals surface area contributed by atoms with E-state index in [9.17, 15) is 4.79 Å². The zero-order valence-corrected chi connectivity index (χ0v) is 13.1. The molecule has 2 rings (SSSR count). The fourth-order valence-electron chi connectivity index (χ4n) is 1.81. The van der Waals surface area contributed by atoms with Crippen molar-refractivity contribution in [1.29, 1.82) is 0 Å². The number of thioether (sulfide) groups is 1. The second-order valence-corrected chi connectivity index (χ2v) is 5.85. The van der Waals surface area contributed by atoms with Crippen molar-refractivity contribution in [2.24, 2.45) is 0 Å². The molecular weight excluding hydrogens is 288 g/mol. The summed E-state index contributed by atoms with van der Waals surface area (Å²) < 4.78 is 6.93. The molecule has 0 aliphatic carbocycles. The van der Waals surface area contributed by atoms with Crippen LogP contribution in [0.2, 0.25) is 0 Å². The van der Waals surface area contributed by atoms with Crippen LogP contribution in [0.4, 0.5) is 0 Å². The molecule has 1 aromatic heterocycles. The summed E-state index contributed by atoms with van der Waals surface area (Å²) in [6.07, 6.45) is 0. The van der Waals surface area contributed by atoms with Crippen LogP contribution >= 0.6 is 11.8 Å². The molecule has 0 aliphatic rings. The minimum atomic E-state index is -0.839. The predicted octanol–water partition coefficient (Wildman–Crippen LogP) is 3.18. The molecule has 0 radical (unpaired) electrons. The highest BCUT2D eigenvalue weighted by molar-refractivity contribution is 7.99. The van der Waals surface area contributed by atoms with E-state index in [2.05, 4.69) is 18.9 Å². The number of carboxylic acids is 1. The van der Waals surface area contributed by atoms with Gasteiger partial charge in [-0.3, -0.25) is 4.79 Å². The topological polar surface area (TPSA) is 64.4 Å². The number of carboxylic acid groups (broad SMARTS) is 1. The van der Waals surface area contributed by atoms with Crippen LogP contribution in [0.15, 0.2) is 35.4 Å². The number of benzene rings is 1. The SMILES string of the molecule is COc1ccc(-n2nc(C(C)C)cc2SCC(=O)O)cc1. The Labute approximate surface area is 127 Å². The highest BCUT2D eigenvalue weighted by atomic mass is 32.2. The van der Waals surface area contributed by atoms with Gasteiger partial charge in [-0.1, -0.05) is 25.6 Å². The second-order valence-electron chi connectivity index (χ2n) is 4.85. The van der Waals surface area contributed by atoms with Crippen LogP contribution in [0.3, 0.4) is 0 Å². The molecule has 0 unspecified atom stereocenters. The Morgan fingerprint density at radius 2 is 2.05 bits per heavy atom. The molecule has 0 saturated carbocycles. The van der Waals surface area contributed by atoms with Crippen molar-refractivity contribution in [3.8, 4) is 11.4 Å². The molecule has 2 aromatic rings. The van der Waals surface area contributed by atoms with Crippen LogP contribution < -0.4 is 4.74 Å². The zero-order valence-electron chi connectivity index (χ0n) is 12.2. The average molecular weight is 306 g/mol. The van der Waals surface area contributed by atoms with Gasteiger partial charge in [0.1, 0.15) is 10.8 Å². The van der Waals surface area contributed by atoms with Gasteiger partial charge in [0.05, 0.1) is 24.2 Å². The van der Waals surface area contributed by atoms with E-state index in [1.165, 1.54) is 11.8 Å². The smallest absolute Gasteiger partial charge is 0.313 e. The van der Waals surface area contributed by atoms with Crippen molar-refractivity contribution in [3.05, 3.63) is 36.0 Å². The van der Waals surface area contributed by atoms with Crippen LogP contribution in [-0.4, -0.2) is 33.7 Å². The Morgan fingerprint density at radius 3 is 2.57 bits per heavy atom. The standard InChI is InChI=1S/C15H18N2O3S/c1-10(2)13-8-14(21-9-15(18)19)17(16-13)11-4-6-12(20-3)7-5-11/h4-8,10H,9H2,1-3H3,(H,18,19). The van der Waals surface area contributed by atoms with Gasteiger partial charge in [0.25, 0.3) is 0 Å². The Hall–Kier alpha value is -1.95. The highest BCUT2D eigenvalue weighted by Crippen LogP contribution is 2.27. The number of nitrogens with zero attached hydrogens (tertiary/aromatic N) is 2. The van der Waals surface area contributed by atoms with E-state index in [0.717, 1.165) is 22.2 Å². The first-order valence-electron chi connectivity index (χ1n) is 6.60. The maximum absolute atomic E-state index is 10.8. The number of hydrogen-bond donors (Lipinski definition) is 1. The molecule has 5 nitrogen and oxygen atoms in total. The second kappa shape index (κ2) is 6.67. The maximum atomic E-state index is 10.8. The van der Waals surface area contributed by atoms with Gasteiger partial charge in [-0.05, 0) is 36.2 Å². The third-order valence-corrected chi connectivity index (χ3v) is 3.93. The minimum Gasteiger partial charge on any atom is -0.497 e. The van der Waals surface area contributed by atoms with E-state index in [1.807, 2.05) is 30.3 Å². The van der Waals surface area contributed by atoms with Crippen molar-refractivity contribution < 1.29 is 14.6 Å². The first-order valence-corrected chi connectivity index (χ1v) is 7.58. The molecular formula is C15H18N2O3S. The summed E-state index contributed by atoms with van der Waals surface area (Å²) in [7, 11) is 1.62. The van der Waals surface area contributed by atoms with Gasteiger partial charge in [-0.25, -0.2) is 4.68 Å². The number of rotatable bonds is 6. The molecule has 0 amide bonds. The van der Waals surface area contributed by atoms with E-state index in [0.29, 0.717) is 0 Å². The van der Waals surface area contributed by atoms with Gasteiger partial charge >= 0.3 is 5.97 Å². The maximum Gasteiger partial charge on any atom is 0.313 e. The predicted molar refractivity (Wildman–Crippen MR) is 82.6 cm³/mol. The number of aliphatic carboxylic acids is 1. The summed E-state index contributed by atoms with van der Waals surface area (Å²) >= 11 is 1.27. The number of aromatic nitrogens is 2. The molecule has 1 heterocycles. The quantitative estimate of drug-likeness (QED) is 0.830. The molecule has 0 saturated heterocycles. The zero-order chi connectivity index (χ0) is 15.4. The van der Waals surface area contributed by atoms with Crippen LogP contribution in [0.25, 0.3) is 5.69 Å². The Bertz CT molecular complexity index is 620. The largest absolute Gasteiger partial charge is 0.497 e. The number of methoxy groups -OCH3 is 1. The summed E-state index contributed by atoms with van der Waals surface area (Å²) in [5, 5.41) is 14.3. The Morgan fingerprint density at radius 1 is 1.38 bits per heavy atom. The lowest BCUT2D eigenvalue weighted by Gasteiger charge is -2.07. The van der Waals surface area contributed by atoms with E-state index in [-0.39, 0.29) is 11.7 Å². The van der Waals surface area contributed by atoms with Crippen LogP contribution in [0.1, 0.15) is 25.5 Å². The van der Waals surface area contributed by atoms with Gasteiger partial charge in [0, 0.05) is 0 Å². The van der Waals surface area contributed by atoms with Crippen LogP contribution in [-0.2, 0) is 4.79 Å². The molecule has 0 aliphatic heterocycles. The fraction of sp³-hybridized carbons (Fsp3) is 0.333. The van der Waals surface area contributed by atoms with E-state index in [1.54, 1.807) is 11.8 Å². The molecule has 0 spiro atoms. The molecule has 0 atom stereocenters. The van der Waals surface area contributed by atoms with Gasteiger partial charge < -0.3 is 9.84 Å². The van der Waals surface area contributed by atoms with Crippen LogP contribution in [0, 0.1) is 0 Å². The van der Waals surface area contributed by atoms with Crippen LogP contribution in [0.5, 0.6) is 5.75 Å². The summed E-state index contributed by atoms with van der Waals surface area (Å²) in [5.74, 6) is 0.233. The van der Waals surface area contributed by atoms with Crippen molar-refractivity contribution in [2.45, 2.75) is 24.8 Å². The van der Waals surface area contributed by atoms with E-state index in [4.69, 9.17) is 9.84 Å². The monoisotopic (exact) mass is 306 g/mol. The van der Waals surface area contributed by atoms with Crippen molar-refractivity contribution in [1.82, 2.24) is 9.78 Å². The summed E-state index contributed by atoms with van der Waals surface area (Å²) in [6.45, 7) is 4.12. The lowest BCUT2D eigenvalue weighted by atomic mass is 10.1. The van der Waals surface area contributed by atoms with Crippen molar-refractivity contribution in [3.63, 3.8) is 0 Å². The van der Waals surface area contributed by atoms with Crippen molar-refractivity contribution >= 4 is 17.7 Å². The number of carbonyl (C=O) groups is 1. The molecule has 6 heteroatoms. The number of ether oxygens (including phenoxy) is 1. The highest BCUT2D eigenvalue weighted by Gasteiger charge is 2.13. The normalized spacial score (nSPS) is 10.9. The average Bonchev–Trinajstić information content (AvgIpc) is 2.89. The molecule has 1 aromatic carbocycles. The summed E-state index contributed by atoms with van der Waals surface area (Å²) in [4.78, 5) is 10.8. The molecule has 0 fully saturated rings. The lowest BCUT2D eigenvalue weighted by molar-refractivity contribution is -0.133. The van der Waals surface area contributed by atoms with Crippen molar-refractivity contribution in [2.75, 3.05) is 12.9 Å². The first kappa shape index (κ1) is 15.4. The van der Waals surface area contributed by atoms with E-state index < -0.39 is 5.97 Å². The summed E-state index contributed by atoms with van der Waals surface area (Å²) in [6, 6.07) is 9.47. The fourth-order valence-corrected chi connectivity index (χ4v) is 2.55. The van der Waals surface area contributed by atoms with Gasteiger partial charge in [0.15, 0.2) is 0 Å². The third kappa shape index (κ3) is 3.78. The lowest BCUT2D eigenvalue weighted by Crippen LogP contribution is -2.02. The van der Waals surface area contributed by atoms with Gasteiger partial charge in [-0.2, -0.15) is 5.10 Å². The molecule has 1 N–H and O–H groups in total. The third-order valence-electron chi connectivity index (χ3n) is 2.95.